The van der Waals surface area contributed by atoms with E-state index in [2.05, 4.69) is 12.0 Å². The van der Waals surface area contributed by atoms with Gasteiger partial charge in [-0.25, -0.2) is 4.79 Å². The molecule has 0 saturated heterocycles. The highest BCUT2D eigenvalue weighted by atomic mass is 32.1. The van der Waals surface area contributed by atoms with Crippen LogP contribution in [0, 0.1) is 0 Å². The van der Waals surface area contributed by atoms with Gasteiger partial charge in [0.15, 0.2) is 0 Å². The Labute approximate surface area is 97.2 Å². The van der Waals surface area contributed by atoms with Gasteiger partial charge in [-0.15, -0.1) is 11.3 Å². The van der Waals surface area contributed by atoms with E-state index in [9.17, 15) is 4.79 Å². The zero-order chi connectivity index (χ0) is 11.5. The van der Waals surface area contributed by atoms with Gasteiger partial charge in [0.25, 0.3) is 0 Å². The molecule has 4 nitrogen and oxygen atoms in total. The predicted molar refractivity (Wildman–Crippen MR) is 62.8 cm³/mol. The molecule has 0 bridgehead atoms. The molecule has 5 heteroatoms. The van der Waals surface area contributed by atoms with Gasteiger partial charge in [-0.1, -0.05) is 6.92 Å². The molecule has 0 atom stereocenters. The van der Waals surface area contributed by atoms with Crippen LogP contribution in [0.25, 0.3) is 10.4 Å². The molecule has 0 radical (unpaired) electrons. The minimum atomic E-state index is -0.878. The van der Waals surface area contributed by atoms with E-state index < -0.39 is 5.97 Å². The largest absolute Gasteiger partial charge is 0.477 e. The molecule has 2 heterocycles. The number of carboxylic acid groups (broad SMARTS) is 1. The van der Waals surface area contributed by atoms with Crippen molar-refractivity contribution >= 4 is 17.3 Å². The van der Waals surface area contributed by atoms with Crippen molar-refractivity contribution in [2.45, 2.75) is 19.9 Å². The maximum absolute atomic E-state index is 10.7. The summed E-state index contributed by atoms with van der Waals surface area (Å²) in [7, 11) is 0. The predicted octanol–water partition coefficient (Wildman–Crippen LogP) is 2.72. The number of carboxylic acids is 1. The zero-order valence-corrected chi connectivity index (χ0v) is 9.70. The first kappa shape index (κ1) is 10.9. The standard InChI is InChI=1S/C11H12N2O2S/c1-2-5-13-7-8(6-12-13)9-3-4-10(16-9)11(14)15/h3-4,6-7H,2,5H2,1H3,(H,14,15). The summed E-state index contributed by atoms with van der Waals surface area (Å²) < 4.78 is 1.87. The fraction of sp³-hybridized carbons (Fsp3) is 0.273. The number of nitrogens with zero attached hydrogens (tertiary/aromatic N) is 2. The average Bonchev–Trinajstić information content (AvgIpc) is 2.84. The summed E-state index contributed by atoms with van der Waals surface area (Å²) in [5, 5.41) is 13.0. The van der Waals surface area contributed by atoms with Gasteiger partial charge in [0.2, 0.25) is 0 Å². The van der Waals surface area contributed by atoms with Crippen LogP contribution in [0.5, 0.6) is 0 Å². The summed E-state index contributed by atoms with van der Waals surface area (Å²) in [6.07, 6.45) is 4.75. The number of rotatable bonds is 4. The van der Waals surface area contributed by atoms with Crippen LogP contribution < -0.4 is 0 Å². The summed E-state index contributed by atoms with van der Waals surface area (Å²) in [6, 6.07) is 3.45. The van der Waals surface area contributed by atoms with E-state index in [0.29, 0.717) is 4.88 Å². The van der Waals surface area contributed by atoms with Gasteiger partial charge in [-0.2, -0.15) is 5.10 Å². The second-order valence-corrected chi connectivity index (χ2v) is 4.54. The molecule has 0 spiro atoms. The Kier molecular flexibility index (Phi) is 3.05. The van der Waals surface area contributed by atoms with Crippen molar-refractivity contribution in [3.63, 3.8) is 0 Å². The molecule has 0 aliphatic heterocycles. The molecule has 0 fully saturated rings. The van der Waals surface area contributed by atoms with Crippen LogP contribution in [0.2, 0.25) is 0 Å². The number of hydrogen-bond acceptors (Lipinski definition) is 3. The Morgan fingerprint density at radius 3 is 3.00 bits per heavy atom. The number of hydrogen-bond donors (Lipinski definition) is 1. The Hall–Kier alpha value is -1.62. The first-order valence-corrected chi connectivity index (χ1v) is 5.88. The van der Waals surface area contributed by atoms with Gasteiger partial charge in [-0.3, -0.25) is 4.68 Å². The van der Waals surface area contributed by atoms with E-state index in [1.165, 1.54) is 11.3 Å². The fourth-order valence-corrected chi connectivity index (χ4v) is 2.27. The van der Waals surface area contributed by atoms with Crippen molar-refractivity contribution in [2.75, 3.05) is 0 Å². The lowest BCUT2D eigenvalue weighted by molar-refractivity contribution is 0.0702. The molecule has 0 unspecified atom stereocenters. The zero-order valence-electron chi connectivity index (χ0n) is 8.88. The van der Waals surface area contributed by atoms with Gasteiger partial charge >= 0.3 is 5.97 Å². The average molecular weight is 236 g/mol. The summed E-state index contributed by atoms with van der Waals surface area (Å²) >= 11 is 1.27. The molecular weight excluding hydrogens is 224 g/mol. The Bertz CT molecular complexity index is 502. The van der Waals surface area contributed by atoms with E-state index in [4.69, 9.17) is 5.11 Å². The van der Waals surface area contributed by atoms with Crippen molar-refractivity contribution < 1.29 is 9.90 Å². The number of aromatic carboxylic acids is 1. The normalized spacial score (nSPS) is 10.6. The van der Waals surface area contributed by atoms with Crippen LogP contribution in [-0.2, 0) is 6.54 Å². The lowest BCUT2D eigenvalue weighted by atomic mass is 10.3. The summed E-state index contributed by atoms with van der Waals surface area (Å²) in [6.45, 7) is 2.98. The van der Waals surface area contributed by atoms with Crippen LogP contribution in [0.3, 0.4) is 0 Å². The molecule has 0 aromatic carbocycles. The topological polar surface area (TPSA) is 55.1 Å². The highest BCUT2D eigenvalue weighted by molar-refractivity contribution is 7.17. The smallest absolute Gasteiger partial charge is 0.345 e. The molecular formula is C11H12N2O2S. The second kappa shape index (κ2) is 4.49. The quantitative estimate of drug-likeness (QED) is 0.888. The maximum atomic E-state index is 10.7. The number of thiophene rings is 1. The lowest BCUT2D eigenvalue weighted by Crippen LogP contribution is -1.95. The third kappa shape index (κ3) is 2.14. The molecule has 2 rings (SSSR count). The molecule has 1 N–H and O–H groups in total. The first-order chi connectivity index (χ1) is 7.70. The first-order valence-electron chi connectivity index (χ1n) is 5.06. The van der Waals surface area contributed by atoms with Crippen molar-refractivity contribution in [2.24, 2.45) is 0 Å². The van der Waals surface area contributed by atoms with Crippen LogP contribution in [-0.4, -0.2) is 20.9 Å². The molecule has 0 amide bonds. The summed E-state index contributed by atoms with van der Waals surface area (Å²) in [4.78, 5) is 12.0. The Morgan fingerprint density at radius 1 is 1.56 bits per heavy atom. The monoisotopic (exact) mass is 236 g/mol. The van der Waals surface area contributed by atoms with Crippen molar-refractivity contribution in [1.82, 2.24) is 9.78 Å². The fourth-order valence-electron chi connectivity index (χ4n) is 1.45. The maximum Gasteiger partial charge on any atom is 0.345 e. The van der Waals surface area contributed by atoms with Gasteiger partial charge in [0.1, 0.15) is 4.88 Å². The molecule has 2 aromatic rings. The minimum Gasteiger partial charge on any atom is -0.477 e. The van der Waals surface area contributed by atoms with Crippen LogP contribution in [0.4, 0.5) is 0 Å². The molecule has 0 aliphatic rings. The van der Waals surface area contributed by atoms with Crippen LogP contribution >= 0.6 is 11.3 Å². The van der Waals surface area contributed by atoms with Gasteiger partial charge < -0.3 is 5.11 Å². The Morgan fingerprint density at radius 2 is 2.38 bits per heavy atom. The molecule has 84 valence electrons. The highest BCUT2D eigenvalue weighted by Crippen LogP contribution is 2.27. The van der Waals surface area contributed by atoms with Gasteiger partial charge in [-0.05, 0) is 18.6 Å². The number of aromatic nitrogens is 2. The molecule has 0 saturated carbocycles. The third-order valence-corrected chi connectivity index (χ3v) is 3.31. The molecule has 2 aromatic heterocycles. The van der Waals surface area contributed by atoms with Gasteiger partial charge in [0, 0.05) is 23.2 Å². The minimum absolute atomic E-state index is 0.359. The molecule has 16 heavy (non-hydrogen) atoms. The van der Waals surface area contributed by atoms with E-state index in [-0.39, 0.29) is 0 Å². The summed E-state index contributed by atoms with van der Waals surface area (Å²) in [5.41, 5.74) is 0.978. The second-order valence-electron chi connectivity index (χ2n) is 3.46. The highest BCUT2D eigenvalue weighted by Gasteiger charge is 2.09. The van der Waals surface area contributed by atoms with Gasteiger partial charge in [0.05, 0.1) is 6.20 Å². The van der Waals surface area contributed by atoms with E-state index >= 15 is 0 Å². The van der Waals surface area contributed by atoms with E-state index in [1.54, 1.807) is 12.3 Å². The van der Waals surface area contributed by atoms with Crippen molar-refractivity contribution in [3.05, 3.63) is 29.4 Å². The number of aryl methyl sites for hydroxylation is 1. The van der Waals surface area contributed by atoms with Crippen molar-refractivity contribution in [3.8, 4) is 10.4 Å². The lowest BCUT2D eigenvalue weighted by Gasteiger charge is -1.94. The Balaban J connectivity index is 2.24. The van der Waals surface area contributed by atoms with Crippen LogP contribution in [0.1, 0.15) is 23.0 Å². The third-order valence-electron chi connectivity index (χ3n) is 2.19. The summed E-state index contributed by atoms with van der Waals surface area (Å²) in [5.74, 6) is -0.878. The van der Waals surface area contributed by atoms with E-state index in [1.807, 2.05) is 16.9 Å². The number of carbonyl (C=O) groups is 1. The SMILES string of the molecule is CCCn1cc(-c2ccc(C(=O)O)s2)cn1. The van der Waals surface area contributed by atoms with E-state index in [0.717, 1.165) is 23.4 Å². The molecule has 0 aliphatic carbocycles. The van der Waals surface area contributed by atoms with Crippen molar-refractivity contribution in [1.29, 1.82) is 0 Å². The van der Waals surface area contributed by atoms with Crippen LogP contribution in [0.15, 0.2) is 24.5 Å².